The highest BCUT2D eigenvalue weighted by molar-refractivity contribution is 5.70. The van der Waals surface area contributed by atoms with Crippen LogP contribution in [0.25, 0.3) is 0 Å². The highest BCUT2D eigenvalue weighted by Crippen LogP contribution is 2.09. The van der Waals surface area contributed by atoms with E-state index in [0.29, 0.717) is 12.8 Å². The molecule has 0 saturated heterocycles. The molecule has 0 N–H and O–H groups in total. The molecular weight excluding hydrogens is 534 g/mol. The predicted molar refractivity (Wildman–Crippen MR) is 166 cm³/mol. The molecule has 0 heterocycles. The molecule has 0 spiro atoms. The van der Waals surface area contributed by atoms with Crippen molar-refractivity contribution in [3.63, 3.8) is 0 Å². The molecule has 8 nitrogen and oxygen atoms in total. The third-order valence-electron chi connectivity index (χ3n) is 6.46. The van der Waals surface area contributed by atoms with Crippen LogP contribution in [0.5, 0.6) is 0 Å². The Balaban J connectivity index is 4.63. The van der Waals surface area contributed by atoms with Gasteiger partial charge in [0.05, 0.1) is 40.3 Å². The molecule has 0 aromatic heterocycles. The quantitative estimate of drug-likeness (QED) is 0.0557. The van der Waals surface area contributed by atoms with E-state index in [0.717, 1.165) is 38.5 Å². The van der Waals surface area contributed by atoms with Gasteiger partial charge in [0.2, 0.25) is 0 Å². The topological polar surface area (TPSA) is 102 Å². The molecule has 0 aromatic rings. The molecule has 0 aliphatic rings. The van der Waals surface area contributed by atoms with E-state index in [1.54, 1.807) is 21.1 Å². The van der Waals surface area contributed by atoms with Crippen LogP contribution >= 0.6 is 0 Å². The van der Waals surface area contributed by atoms with E-state index in [-0.39, 0.29) is 49.5 Å². The molecule has 0 aliphatic carbocycles. The first-order chi connectivity index (χ1) is 20.1. The van der Waals surface area contributed by atoms with Gasteiger partial charge in [0.25, 0.3) is 0 Å². The third-order valence-corrected chi connectivity index (χ3v) is 6.46. The molecular formula is C34H57NO7. The minimum absolute atomic E-state index is 0.00722. The Hall–Kier alpha value is -2.71. The van der Waals surface area contributed by atoms with E-state index >= 15 is 0 Å². The molecule has 0 amide bonds. The first-order valence-corrected chi connectivity index (χ1v) is 15.7. The van der Waals surface area contributed by atoms with Gasteiger partial charge in [-0.1, -0.05) is 75.3 Å². The van der Waals surface area contributed by atoms with Crippen molar-refractivity contribution in [3.05, 3.63) is 48.6 Å². The smallest absolute Gasteiger partial charge is 0.306 e. The van der Waals surface area contributed by atoms with Crippen molar-refractivity contribution in [1.82, 2.24) is 0 Å². The number of allylic oxidation sites excluding steroid dienone is 8. The van der Waals surface area contributed by atoms with Gasteiger partial charge in [0.1, 0.15) is 12.6 Å². The Bertz CT molecular complexity index is 839. The van der Waals surface area contributed by atoms with E-state index in [4.69, 9.17) is 14.2 Å². The summed E-state index contributed by atoms with van der Waals surface area (Å²) in [6.45, 7) is 4.32. The van der Waals surface area contributed by atoms with Crippen LogP contribution in [0.15, 0.2) is 48.6 Å². The summed E-state index contributed by atoms with van der Waals surface area (Å²) in [5.41, 5.74) is 0. The van der Waals surface area contributed by atoms with Crippen LogP contribution < -0.4 is 5.11 Å². The van der Waals surface area contributed by atoms with E-state index in [1.807, 2.05) is 6.08 Å². The van der Waals surface area contributed by atoms with Crippen molar-refractivity contribution in [1.29, 1.82) is 0 Å². The molecule has 42 heavy (non-hydrogen) atoms. The maximum atomic E-state index is 12.4. The lowest BCUT2D eigenvalue weighted by molar-refractivity contribution is -0.889. The van der Waals surface area contributed by atoms with Gasteiger partial charge < -0.3 is 28.6 Å². The molecule has 2 atom stereocenters. The lowest BCUT2D eigenvalue weighted by atomic mass is 10.1. The summed E-state index contributed by atoms with van der Waals surface area (Å²) in [4.78, 5) is 36.2. The number of rotatable bonds is 26. The number of carbonyl (C=O) groups excluding carboxylic acids is 3. The number of aliphatic carboxylic acids is 1. The monoisotopic (exact) mass is 591 g/mol. The van der Waals surface area contributed by atoms with Crippen LogP contribution in [0.4, 0.5) is 0 Å². The number of nitrogens with zero attached hydrogens (tertiary/aromatic N) is 1. The zero-order chi connectivity index (χ0) is 31.5. The lowest BCUT2D eigenvalue weighted by Crippen LogP contribution is -2.55. The summed E-state index contributed by atoms with van der Waals surface area (Å²) in [7, 11) is 5.34. The zero-order valence-electron chi connectivity index (χ0n) is 26.9. The number of ether oxygens (including phenoxy) is 3. The molecule has 2 unspecified atom stereocenters. The maximum absolute atomic E-state index is 12.4. The Morgan fingerprint density at radius 2 is 1.36 bits per heavy atom. The summed E-state index contributed by atoms with van der Waals surface area (Å²) in [5.74, 6) is -1.89. The van der Waals surface area contributed by atoms with Crippen molar-refractivity contribution in [2.24, 2.45) is 0 Å². The average Bonchev–Trinajstić information content (AvgIpc) is 2.92. The third kappa shape index (κ3) is 23.9. The van der Waals surface area contributed by atoms with Crippen LogP contribution in [-0.2, 0) is 28.6 Å². The molecule has 0 bridgehead atoms. The van der Waals surface area contributed by atoms with Crippen LogP contribution in [0.2, 0.25) is 0 Å². The molecule has 240 valence electrons. The second kappa shape index (κ2) is 26.0. The van der Waals surface area contributed by atoms with Crippen molar-refractivity contribution in [3.8, 4) is 0 Å². The van der Waals surface area contributed by atoms with E-state index < -0.39 is 24.1 Å². The van der Waals surface area contributed by atoms with Gasteiger partial charge in [-0.05, 0) is 51.4 Å². The number of hydrogen-bond donors (Lipinski definition) is 0. The molecule has 0 aliphatic heterocycles. The zero-order valence-corrected chi connectivity index (χ0v) is 26.9. The normalized spacial score (nSPS) is 13.8. The first-order valence-electron chi connectivity index (χ1n) is 15.7. The largest absolute Gasteiger partial charge is 0.544 e. The summed E-state index contributed by atoms with van der Waals surface area (Å²) < 4.78 is 16.8. The van der Waals surface area contributed by atoms with Crippen molar-refractivity contribution >= 4 is 17.9 Å². The molecule has 0 rings (SSSR count). The Morgan fingerprint density at radius 1 is 0.738 bits per heavy atom. The number of quaternary nitrogens is 1. The standard InChI is InChI=1S/C34H57NO7/c1-6-8-10-12-14-15-16-17-19-20-22-24-32(36)41-29-30(28-40-27-26-31(34(38)39)35(3,4)5)42-33(37)25-23-21-18-13-11-9-7-2/h8,10,14-15,17-19,21,30-31H,6-7,9,11-13,16,20,22-29H2,1-5H3/b10-8+,15-14+,19-17+,21-18+. The highest BCUT2D eigenvalue weighted by Gasteiger charge is 2.25. The number of hydrogen-bond acceptors (Lipinski definition) is 7. The summed E-state index contributed by atoms with van der Waals surface area (Å²) in [5, 5.41) is 11.5. The highest BCUT2D eigenvalue weighted by atomic mass is 16.6. The number of esters is 2. The minimum Gasteiger partial charge on any atom is -0.544 e. The fraction of sp³-hybridized carbons (Fsp3) is 0.676. The van der Waals surface area contributed by atoms with Crippen molar-refractivity contribution in [2.45, 2.75) is 109 Å². The van der Waals surface area contributed by atoms with Crippen LogP contribution in [-0.4, -0.2) is 75.5 Å². The molecule has 0 saturated carbocycles. The summed E-state index contributed by atoms with van der Waals surface area (Å²) in [6, 6.07) is -0.735. The maximum Gasteiger partial charge on any atom is 0.306 e. The number of unbranched alkanes of at least 4 members (excludes halogenated alkanes) is 4. The fourth-order valence-electron chi connectivity index (χ4n) is 3.99. The van der Waals surface area contributed by atoms with Crippen LogP contribution in [0.1, 0.15) is 97.3 Å². The van der Waals surface area contributed by atoms with Gasteiger partial charge in [-0.2, -0.15) is 0 Å². The van der Waals surface area contributed by atoms with Crippen molar-refractivity contribution < 1.29 is 38.2 Å². The summed E-state index contributed by atoms with van der Waals surface area (Å²) >= 11 is 0. The van der Waals surface area contributed by atoms with Crippen LogP contribution in [0.3, 0.4) is 0 Å². The first kappa shape index (κ1) is 39.3. The fourth-order valence-corrected chi connectivity index (χ4v) is 3.99. The van der Waals surface area contributed by atoms with Crippen LogP contribution in [0, 0.1) is 0 Å². The number of carbonyl (C=O) groups is 3. The van der Waals surface area contributed by atoms with Gasteiger partial charge in [-0.25, -0.2) is 0 Å². The van der Waals surface area contributed by atoms with Gasteiger partial charge in [-0.3, -0.25) is 9.59 Å². The van der Waals surface area contributed by atoms with Gasteiger partial charge >= 0.3 is 11.9 Å². The number of likely N-dealkylation sites (N-methyl/N-ethyl adjacent to an activating group) is 1. The van der Waals surface area contributed by atoms with Gasteiger partial charge in [0.15, 0.2) is 6.10 Å². The Labute approximate surface area is 255 Å². The lowest BCUT2D eigenvalue weighted by Gasteiger charge is -2.34. The van der Waals surface area contributed by atoms with E-state index in [1.165, 1.54) is 12.8 Å². The summed E-state index contributed by atoms with van der Waals surface area (Å²) in [6.07, 6.45) is 26.1. The molecule has 0 radical (unpaired) electrons. The Kier molecular flexibility index (Phi) is 24.3. The second-order valence-electron chi connectivity index (χ2n) is 11.3. The second-order valence-corrected chi connectivity index (χ2v) is 11.3. The molecule has 0 aromatic carbocycles. The molecule has 8 heteroatoms. The predicted octanol–water partition coefficient (Wildman–Crippen LogP) is 5.62. The van der Waals surface area contributed by atoms with Gasteiger partial charge in [0, 0.05) is 19.3 Å². The van der Waals surface area contributed by atoms with E-state index in [9.17, 15) is 19.5 Å². The van der Waals surface area contributed by atoms with Crippen molar-refractivity contribution in [2.75, 3.05) is 41.0 Å². The Morgan fingerprint density at radius 3 is 2.00 bits per heavy atom. The number of carboxylic acids is 1. The SMILES string of the molecule is CC/C=C/C/C=C/C/C=C/CCCC(=O)OCC(COCCC(C(=O)[O-])[N+](C)(C)C)OC(=O)CC/C=C/CCCCC. The number of carboxylic acid groups (broad SMARTS) is 1. The average molecular weight is 592 g/mol. The minimum atomic E-state index is -1.14. The molecule has 0 fully saturated rings. The van der Waals surface area contributed by atoms with E-state index in [2.05, 4.69) is 56.4 Å². The van der Waals surface area contributed by atoms with Gasteiger partial charge in [-0.15, -0.1) is 0 Å².